The number of aliphatic hydroxyl groups is 1. The maximum atomic E-state index is 14.0. The van der Waals surface area contributed by atoms with Gasteiger partial charge >= 0.3 is 5.69 Å². The summed E-state index contributed by atoms with van der Waals surface area (Å²) in [6, 6.07) is 18.2. The molecule has 4 heterocycles. The number of rotatable bonds is 7. The standard InChI is InChI=1S/C33H36N8O4/c1-33(2,39-16-13-25(42)14-17-39)18-22(19-34)31(43)38-15-12-24(20-38)41-30-28(29(35)36-21-37-30)40(32(41)44)23-8-10-27(11-9-23)45-26-6-4-3-5-7-26/h3-11,18,21,24-25,42H,12-17,20H2,1-2H3,(H2,35,36,37). The number of anilines is 1. The zero-order chi connectivity index (χ0) is 31.7. The molecule has 0 aliphatic carbocycles. The fourth-order valence-electron chi connectivity index (χ4n) is 6.26. The Kier molecular flexibility index (Phi) is 8.14. The summed E-state index contributed by atoms with van der Waals surface area (Å²) < 4.78 is 8.97. The number of hydrogen-bond donors (Lipinski definition) is 2. The van der Waals surface area contributed by atoms with Gasteiger partial charge in [-0.15, -0.1) is 0 Å². The molecule has 12 heteroatoms. The summed E-state index contributed by atoms with van der Waals surface area (Å²) in [6.45, 7) is 5.93. The Hall–Kier alpha value is -4.99. The van der Waals surface area contributed by atoms with Crippen molar-refractivity contribution in [3.63, 3.8) is 0 Å². The van der Waals surface area contributed by atoms with Gasteiger partial charge < -0.3 is 20.5 Å². The van der Waals surface area contributed by atoms with Crippen LogP contribution < -0.4 is 16.2 Å². The second kappa shape index (κ2) is 12.2. The fourth-order valence-corrected chi connectivity index (χ4v) is 6.26. The minimum atomic E-state index is -0.541. The van der Waals surface area contributed by atoms with E-state index in [1.807, 2.05) is 44.2 Å². The molecule has 232 valence electrons. The van der Waals surface area contributed by atoms with Crippen LogP contribution in [0.1, 0.15) is 39.2 Å². The smallest absolute Gasteiger partial charge is 0.335 e. The normalized spacial score (nSPS) is 18.3. The van der Waals surface area contributed by atoms with Gasteiger partial charge in [-0.1, -0.05) is 18.2 Å². The number of ether oxygens (including phenoxy) is 1. The van der Waals surface area contributed by atoms with Crippen LogP contribution in [0.15, 0.2) is 77.4 Å². The molecule has 2 saturated heterocycles. The first-order valence-corrected chi connectivity index (χ1v) is 15.1. The number of nitrogen functional groups attached to an aromatic ring is 1. The number of imidazole rings is 1. The van der Waals surface area contributed by atoms with Crippen molar-refractivity contribution < 1.29 is 14.6 Å². The molecular formula is C33H36N8O4. The topological polar surface area (TPSA) is 156 Å². The lowest BCUT2D eigenvalue weighted by Crippen LogP contribution is -2.48. The van der Waals surface area contributed by atoms with Crippen LogP contribution in [0.5, 0.6) is 11.5 Å². The van der Waals surface area contributed by atoms with E-state index in [1.165, 1.54) is 10.9 Å². The average Bonchev–Trinajstić information content (AvgIpc) is 3.63. The Balaban J connectivity index is 1.26. The van der Waals surface area contributed by atoms with Gasteiger partial charge in [-0.05, 0) is 75.6 Å². The van der Waals surface area contributed by atoms with E-state index in [4.69, 9.17) is 10.5 Å². The van der Waals surface area contributed by atoms with E-state index in [1.54, 1.807) is 39.8 Å². The molecule has 0 saturated carbocycles. The number of amides is 1. The van der Waals surface area contributed by atoms with Crippen molar-refractivity contribution in [1.82, 2.24) is 28.9 Å². The zero-order valence-electron chi connectivity index (χ0n) is 25.3. The lowest BCUT2D eigenvalue weighted by molar-refractivity contribution is -0.125. The van der Waals surface area contributed by atoms with Crippen molar-refractivity contribution in [2.75, 3.05) is 31.9 Å². The van der Waals surface area contributed by atoms with Crippen LogP contribution in [-0.4, -0.2) is 77.7 Å². The molecule has 6 rings (SSSR count). The van der Waals surface area contributed by atoms with Crippen LogP contribution in [0.3, 0.4) is 0 Å². The lowest BCUT2D eigenvalue weighted by Gasteiger charge is -2.40. The Morgan fingerprint density at radius 2 is 1.73 bits per heavy atom. The molecule has 0 radical (unpaired) electrons. The molecule has 2 aliphatic heterocycles. The van der Waals surface area contributed by atoms with Crippen molar-refractivity contribution in [3.05, 3.63) is 83.1 Å². The number of carbonyl (C=O) groups excluding carboxylic acids is 1. The third kappa shape index (κ3) is 5.92. The van der Waals surface area contributed by atoms with Gasteiger partial charge in [-0.2, -0.15) is 5.26 Å². The van der Waals surface area contributed by atoms with Crippen LogP contribution in [0, 0.1) is 11.3 Å². The third-order valence-electron chi connectivity index (χ3n) is 8.70. The summed E-state index contributed by atoms with van der Waals surface area (Å²) in [5.41, 5.74) is 6.79. The number of aliphatic hydroxyl groups excluding tert-OH is 1. The number of piperidine rings is 1. The molecule has 3 N–H and O–H groups in total. The first-order valence-electron chi connectivity index (χ1n) is 15.1. The van der Waals surface area contributed by atoms with E-state index in [9.17, 15) is 20.0 Å². The van der Waals surface area contributed by atoms with Crippen LogP contribution in [0.25, 0.3) is 16.9 Å². The van der Waals surface area contributed by atoms with Crippen molar-refractivity contribution in [2.24, 2.45) is 0 Å². The van der Waals surface area contributed by atoms with Crippen molar-refractivity contribution in [1.29, 1.82) is 5.26 Å². The van der Waals surface area contributed by atoms with Gasteiger partial charge in [0.15, 0.2) is 11.5 Å². The first-order chi connectivity index (χ1) is 21.7. The predicted octanol–water partition coefficient (Wildman–Crippen LogP) is 3.42. The van der Waals surface area contributed by atoms with E-state index in [-0.39, 0.29) is 41.7 Å². The van der Waals surface area contributed by atoms with Gasteiger partial charge in [0.05, 0.1) is 17.8 Å². The molecule has 1 amide bonds. The molecule has 0 spiro atoms. The summed E-state index contributed by atoms with van der Waals surface area (Å²) in [4.78, 5) is 40.0. The molecule has 0 bridgehead atoms. The van der Waals surface area contributed by atoms with Gasteiger partial charge in [-0.3, -0.25) is 18.8 Å². The fraction of sp³-hybridized carbons (Fsp3) is 0.364. The zero-order valence-corrected chi connectivity index (χ0v) is 25.3. The molecule has 2 aromatic carbocycles. The van der Waals surface area contributed by atoms with E-state index in [0.717, 1.165) is 0 Å². The Morgan fingerprint density at radius 3 is 2.42 bits per heavy atom. The van der Waals surface area contributed by atoms with Gasteiger partial charge in [0.25, 0.3) is 5.91 Å². The number of carbonyl (C=O) groups is 1. The molecule has 2 aromatic heterocycles. The van der Waals surface area contributed by atoms with Crippen molar-refractivity contribution in [2.45, 2.75) is 50.8 Å². The number of benzene rings is 2. The average molecular weight is 609 g/mol. The largest absolute Gasteiger partial charge is 0.457 e. The van der Waals surface area contributed by atoms with Crippen molar-refractivity contribution in [3.8, 4) is 23.3 Å². The summed E-state index contributed by atoms with van der Waals surface area (Å²) in [6.07, 6.45) is 4.54. The highest BCUT2D eigenvalue weighted by atomic mass is 16.5. The van der Waals surface area contributed by atoms with Crippen LogP contribution in [0.2, 0.25) is 0 Å². The third-order valence-corrected chi connectivity index (χ3v) is 8.70. The molecule has 2 fully saturated rings. The second-order valence-corrected chi connectivity index (χ2v) is 12.1. The molecule has 4 aromatic rings. The van der Waals surface area contributed by atoms with Gasteiger partial charge in [0.2, 0.25) is 0 Å². The first kappa shape index (κ1) is 30.1. The molecule has 2 aliphatic rings. The highest BCUT2D eigenvalue weighted by molar-refractivity contribution is 5.97. The molecule has 12 nitrogen and oxygen atoms in total. The maximum absolute atomic E-state index is 14.0. The maximum Gasteiger partial charge on any atom is 0.335 e. The predicted molar refractivity (Wildman–Crippen MR) is 169 cm³/mol. The van der Waals surface area contributed by atoms with Gasteiger partial charge in [-0.25, -0.2) is 14.8 Å². The number of fused-ring (bicyclic) bond motifs is 1. The number of aromatic nitrogens is 4. The number of para-hydroxylation sites is 1. The monoisotopic (exact) mass is 608 g/mol. The molecule has 45 heavy (non-hydrogen) atoms. The highest BCUT2D eigenvalue weighted by Gasteiger charge is 2.35. The number of likely N-dealkylation sites (tertiary alicyclic amines) is 2. The number of nitrogens with two attached hydrogens (primary N) is 1. The van der Waals surface area contributed by atoms with Gasteiger partial charge in [0, 0.05) is 31.7 Å². The highest BCUT2D eigenvalue weighted by Crippen LogP contribution is 2.30. The molecule has 1 atom stereocenters. The molecule has 1 unspecified atom stereocenters. The number of hydrogen-bond acceptors (Lipinski definition) is 9. The van der Waals surface area contributed by atoms with E-state index in [2.05, 4.69) is 20.9 Å². The number of nitriles is 1. The second-order valence-electron chi connectivity index (χ2n) is 12.1. The SMILES string of the molecule is CC(C)(C=C(C#N)C(=O)N1CCC(n2c(=O)n(-c3ccc(Oc4ccccc4)cc3)c3c(N)ncnc32)C1)N1CCC(O)CC1. The summed E-state index contributed by atoms with van der Waals surface area (Å²) in [7, 11) is 0. The van der Waals surface area contributed by atoms with E-state index >= 15 is 0 Å². The Morgan fingerprint density at radius 1 is 1.04 bits per heavy atom. The summed E-state index contributed by atoms with van der Waals surface area (Å²) >= 11 is 0. The van der Waals surface area contributed by atoms with Crippen LogP contribution in [0.4, 0.5) is 5.82 Å². The molecular weight excluding hydrogens is 572 g/mol. The van der Waals surface area contributed by atoms with Crippen LogP contribution >= 0.6 is 0 Å². The summed E-state index contributed by atoms with van der Waals surface area (Å²) in [5, 5.41) is 19.9. The van der Waals surface area contributed by atoms with E-state index < -0.39 is 5.54 Å². The summed E-state index contributed by atoms with van der Waals surface area (Å²) in [5.74, 6) is 1.10. The van der Waals surface area contributed by atoms with Crippen LogP contribution in [-0.2, 0) is 4.79 Å². The Bertz CT molecular complexity index is 1830. The van der Waals surface area contributed by atoms with E-state index in [0.29, 0.717) is 67.2 Å². The van der Waals surface area contributed by atoms with Crippen molar-refractivity contribution >= 4 is 22.9 Å². The number of nitrogens with zero attached hydrogens (tertiary/aromatic N) is 7. The minimum Gasteiger partial charge on any atom is -0.457 e. The minimum absolute atomic E-state index is 0.0610. The van der Waals surface area contributed by atoms with Gasteiger partial charge in [0.1, 0.15) is 35.0 Å². The lowest BCUT2D eigenvalue weighted by atomic mass is 9.95. The quantitative estimate of drug-likeness (QED) is 0.237. The Labute approximate surface area is 260 Å².